The summed E-state index contributed by atoms with van der Waals surface area (Å²) in [5, 5.41) is 12.8. The molecule has 2 aromatic heterocycles. The zero-order valence-electron chi connectivity index (χ0n) is 12.6. The summed E-state index contributed by atoms with van der Waals surface area (Å²) in [5.41, 5.74) is 0.0230. The van der Waals surface area contributed by atoms with E-state index in [2.05, 4.69) is 9.97 Å². The van der Waals surface area contributed by atoms with Crippen molar-refractivity contribution in [1.29, 1.82) is 0 Å². The number of carbonyl (C=O) groups excluding carboxylic acids is 1. The van der Waals surface area contributed by atoms with Crippen LogP contribution in [0, 0.1) is 10.1 Å². The number of carbonyl (C=O) groups is 1. The Bertz CT molecular complexity index is 994. The van der Waals surface area contributed by atoms with Crippen molar-refractivity contribution in [1.82, 2.24) is 14.9 Å². The van der Waals surface area contributed by atoms with Crippen LogP contribution in [0.5, 0.6) is 0 Å². The number of para-hydroxylation sites is 1. The molecule has 0 spiro atoms. The number of hydrogen-bond donors (Lipinski definition) is 1. The molecule has 2 heterocycles. The normalized spacial score (nSPS) is 10.7. The first kappa shape index (κ1) is 15.8. The molecular weight excluding hydrogens is 332 g/mol. The Morgan fingerprint density at radius 1 is 1.38 bits per heavy atom. The molecular formula is C15H12N4O4S. The number of nitro groups is 1. The number of nitro benzene ring substituents is 1. The van der Waals surface area contributed by atoms with Crippen molar-refractivity contribution >= 4 is 33.1 Å². The zero-order valence-corrected chi connectivity index (χ0v) is 13.4. The van der Waals surface area contributed by atoms with Crippen LogP contribution in [-0.2, 0) is 6.54 Å². The molecule has 0 bridgehead atoms. The molecule has 0 unspecified atom stereocenters. The van der Waals surface area contributed by atoms with Gasteiger partial charge in [0.25, 0.3) is 17.2 Å². The standard InChI is InChI=1S/C15H12N4O4S/c1-18(15(21)9-4-2-3-5-11(9)19(22)23)8-12-16-10-6-7-24-13(10)14(20)17-12/h2-7H,8H2,1H3,(H,16,17,20). The lowest BCUT2D eigenvalue weighted by Crippen LogP contribution is -2.28. The number of H-pyrrole nitrogens is 1. The molecule has 0 radical (unpaired) electrons. The van der Waals surface area contributed by atoms with Crippen LogP contribution in [0.1, 0.15) is 16.2 Å². The van der Waals surface area contributed by atoms with Crippen LogP contribution in [0.2, 0.25) is 0 Å². The molecule has 1 aromatic carbocycles. The van der Waals surface area contributed by atoms with Crippen LogP contribution in [0.15, 0.2) is 40.5 Å². The Labute approximate surface area is 139 Å². The summed E-state index contributed by atoms with van der Waals surface area (Å²) in [6.07, 6.45) is 0. The number of fused-ring (bicyclic) bond motifs is 1. The second kappa shape index (κ2) is 6.20. The molecule has 0 aliphatic carbocycles. The fourth-order valence-corrected chi connectivity index (χ4v) is 3.04. The van der Waals surface area contributed by atoms with E-state index < -0.39 is 10.8 Å². The highest BCUT2D eigenvalue weighted by Gasteiger charge is 2.22. The number of thiophene rings is 1. The second-order valence-corrected chi connectivity index (χ2v) is 6.00. The van der Waals surface area contributed by atoms with Crippen molar-refractivity contribution in [2.24, 2.45) is 0 Å². The number of nitrogens with zero attached hydrogens (tertiary/aromatic N) is 3. The number of benzene rings is 1. The van der Waals surface area contributed by atoms with E-state index in [1.807, 2.05) is 0 Å². The van der Waals surface area contributed by atoms with E-state index in [9.17, 15) is 19.7 Å². The summed E-state index contributed by atoms with van der Waals surface area (Å²) < 4.78 is 0.520. The number of amides is 1. The maximum atomic E-state index is 12.5. The van der Waals surface area contributed by atoms with E-state index in [1.54, 1.807) is 17.5 Å². The lowest BCUT2D eigenvalue weighted by Gasteiger charge is -2.16. The number of aromatic amines is 1. The molecule has 0 saturated heterocycles. The molecule has 3 aromatic rings. The minimum atomic E-state index is -0.599. The molecule has 1 amide bonds. The van der Waals surface area contributed by atoms with Crippen LogP contribution in [0.25, 0.3) is 10.2 Å². The minimum Gasteiger partial charge on any atom is -0.334 e. The second-order valence-electron chi connectivity index (χ2n) is 5.08. The number of hydrogen-bond acceptors (Lipinski definition) is 6. The van der Waals surface area contributed by atoms with Gasteiger partial charge in [-0.05, 0) is 17.5 Å². The largest absolute Gasteiger partial charge is 0.334 e. The number of nitrogens with one attached hydrogen (secondary N) is 1. The number of aromatic nitrogens is 2. The average Bonchev–Trinajstić information content (AvgIpc) is 3.03. The molecule has 9 heteroatoms. The Morgan fingerprint density at radius 3 is 2.88 bits per heavy atom. The van der Waals surface area contributed by atoms with Gasteiger partial charge in [-0.25, -0.2) is 4.98 Å². The van der Waals surface area contributed by atoms with Gasteiger partial charge in [-0.1, -0.05) is 12.1 Å². The summed E-state index contributed by atoms with van der Waals surface area (Å²) in [7, 11) is 1.50. The lowest BCUT2D eigenvalue weighted by atomic mass is 10.1. The Kier molecular flexibility index (Phi) is 4.09. The molecule has 0 aliphatic rings. The maximum absolute atomic E-state index is 12.5. The summed E-state index contributed by atoms with van der Waals surface area (Å²) in [6, 6.07) is 7.46. The third kappa shape index (κ3) is 2.88. The molecule has 0 fully saturated rings. The number of rotatable bonds is 4. The van der Waals surface area contributed by atoms with Crippen molar-refractivity contribution in [3.8, 4) is 0 Å². The van der Waals surface area contributed by atoms with Gasteiger partial charge >= 0.3 is 0 Å². The Morgan fingerprint density at radius 2 is 2.12 bits per heavy atom. The predicted molar refractivity (Wildman–Crippen MR) is 89.1 cm³/mol. The molecule has 122 valence electrons. The lowest BCUT2D eigenvalue weighted by molar-refractivity contribution is -0.385. The quantitative estimate of drug-likeness (QED) is 0.576. The summed E-state index contributed by atoms with van der Waals surface area (Å²) in [4.78, 5) is 43.1. The smallest absolute Gasteiger partial charge is 0.282 e. The van der Waals surface area contributed by atoms with Gasteiger partial charge in [0.1, 0.15) is 16.1 Å². The van der Waals surface area contributed by atoms with Gasteiger partial charge in [0.05, 0.1) is 17.0 Å². The molecule has 0 saturated carbocycles. The zero-order chi connectivity index (χ0) is 17.3. The van der Waals surface area contributed by atoms with Crippen molar-refractivity contribution in [3.05, 3.63) is 67.6 Å². The van der Waals surface area contributed by atoms with Gasteiger partial charge in [-0.3, -0.25) is 19.7 Å². The van der Waals surface area contributed by atoms with Crippen LogP contribution < -0.4 is 5.56 Å². The fourth-order valence-electron chi connectivity index (χ4n) is 2.31. The first-order valence-corrected chi connectivity index (χ1v) is 7.80. The fraction of sp³-hybridized carbons (Fsp3) is 0.133. The average molecular weight is 344 g/mol. The highest BCUT2D eigenvalue weighted by Crippen LogP contribution is 2.20. The van der Waals surface area contributed by atoms with Gasteiger partial charge in [-0.2, -0.15) is 0 Å². The summed E-state index contributed by atoms with van der Waals surface area (Å²) >= 11 is 1.29. The molecule has 24 heavy (non-hydrogen) atoms. The molecule has 0 aliphatic heterocycles. The SMILES string of the molecule is CN(Cc1nc2ccsc2c(=O)[nH]1)C(=O)c1ccccc1[N+](=O)[O-]. The van der Waals surface area contributed by atoms with E-state index >= 15 is 0 Å². The van der Waals surface area contributed by atoms with Crippen molar-refractivity contribution in [2.45, 2.75) is 6.54 Å². The summed E-state index contributed by atoms with van der Waals surface area (Å²) in [5.74, 6) is -0.198. The van der Waals surface area contributed by atoms with E-state index in [0.717, 1.165) is 0 Å². The molecule has 0 atom stereocenters. The minimum absolute atomic E-state index is 0.0102. The van der Waals surface area contributed by atoms with Gasteiger partial charge < -0.3 is 9.88 Å². The van der Waals surface area contributed by atoms with Gasteiger partial charge in [0.15, 0.2) is 0 Å². The predicted octanol–water partition coefficient (Wildman–Crippen LogP) is 2.17. The van der Waals surface area contributed by atoms with Crippen LogP contribution in [0.4, 0.5) is 5.69 Å². The maximum Gasteiger partial charge on any atom is 0.282 e. The third-order valence-corrected chi connectivity index (χ3v) is 4.33. The first-order chi connectivity index (χ1) is 11.5. The van der Waals surface area contributed by atoms with Crippen LogP contribution in [0.3, 0.4) is 0 Å². The van der Waals surface area contributed by atoms with E-state index in [-0.39, 0.29) is 23.4 Å². The molecule has 8 nitrogen and oxygen atoms in total. The highest BCUT2D eigenvalue weighted by atomic mass is 32.1. The van der Waals surface area contributed by atoms with Crippen molar-refractivity contribution in [3.63, 3.8) is 0 Å². The monoisotopic (exact) mass is 344 g/mol. The molecule has 1 N–H and O–H groups in total. The van der Waals surface area contributed by atoms with Crippen LogP contribution in [-0.4, -0.2) is 32.7 Å². The first-order valence-electron chi connectivity index (χ1n) is 6.92. The Hall–Kier alpha value is -3.07. The van der Waals surface area contributed by atoms with Crippen molar-refractivity contribution in [2.75, 3.05) is 7.05 Å². The highest BCUT2D eigenvalue weighted by molar-refractivity contribution is 7.17. The topological polar surface area (TPSA) is 109 Å². The van der Waals surface area contributed by atoms with Crippen molar-refractivity contribution < 1.29 is 9.72 Å². The Balaban J connectivity index is 1.88. The van der Waals surface area contributed by atoms with Crippen LogP contribution >= 0.6 is 11.3 Å². The van der Waals surface area contributed by atoms with Gasteiger partial charge in [-0.15, -0.1) is 11.3 Å². The van der Waals surface area contributed by atoms with E-state index in [0.29, 0.717) is 16.0 Å². The van der Waals surface area contributed by atoms with E-state index in [1.165, 1.54) is 41.5 Å². The third-order valence-electron chi connectivity index (χ3n) is 3.43. The van der Waals surface area contributed by atoms with E-state index in [4.69, 9.17) is 0 Å². The summed E-state index contributed by atoms with van der Waals surface area (Å²) in [6.45, 7) is 0.0336. The van der Waals surface area contributed by atoms with Gasteiger partial charge in [0.2, 0.25) is 0 Å². The van der Waals surface area contributed by atoms with Gasteiger partial charge in [0, 0.05) is 13.1 Å². The molecule has 3 rings (SSSR count).